The summed E-state index contributed by atoms with van der Waals surface area (Å²) in [6.45, 7) is 13.9. The molecule has 0 fully saturated rings. The minimum Gasteiger partial charge on any atom is -0.294 e. The van der Waals surface area contributed by atoms with Crippen molar-refractivity contribution in [2.45, 2.75) is 46.3 Å². The fourth-order valence-electron chi connectivity index (χ4n) is 2.04. The smallest absolute Gasteiger partial charge is 0.0245 e. The van der Waals surface area contributed by atoms with Crippen molar-refractivity contribution in [3.05, 3.63) is 42.0 Å². The van der Waals surface area contributed by atoms with E-state index in [1.54, 1.807) is 0 Å². The minimum atomic E-state index is 0.567. The Morgan fingerprint density at radius 2 is 1.69 bits per heavy atom. The Morgan fingerprint density at radius 3 is 2.19 bits per heavy atom. The highest BCUT2D eigenvalue weighted by Crippen LogP contribution is 2.16. The molecule has 0 amide bonds. The van der Waals surface area contributed by atoms with Gasteiger partial charge in [0.25, 0.3) is 0 Å². The van der Waals surface area contributed by atoms with E-state index in [4.69, 9.17) is 0 Å². The van der Waals surface area contributed by atoms with Gasteiger partial charge in [0.2, 0.25) is 0 Å². The lowest BCUT2D eigenvalue weighted by Crippen LogP contribution is -2.36. The van der Waals surface area contributed by atoms with Gasteiger partial charge in [0, 0.05) is 18.6 Å². The van der Waals surface area contributed by atoms with Crippen LogP contribution in [-0.4, -0.2) is 17.0 Å². The first-order chi connectivity index (χ1) is 7.56. The predicted octanol–water partition coefficient (Wildman–Crippen LogP) is 3.95. The summed E-state index contributed by atoms with van der Waals surface area (Å²) in [5.41, 5.74) is 2.61. The lowest BCUT2D eigenvalue weighted by atomic mass is 10.1. The van der Waals surface area contributed by atoms with Crippen molar-refractivity contribution >= 4 is 6.08 Å². The van der Waals surface area contributed by atoms with E-state index < -0.39 is 0 Å². The van der Waals surface area contributed by atoms with E-state index in [1.165, 1.54) is 11.1 Å². The summed E-state index contributed by atoms with van der Waals surface area (Å²) < 4.78 is 0. The van der Waals surface area contributed by atoms with E-state index in [0.29, 0.717) is 12.1 Å². The van der Waals surface area contributed by atoms with Crippen LogP contribution in [0.4, 0.5) is 0 Å². The second-order valence-electron chi connectivity index (χ2n) is 4.76. The van der Waals surface area contributed by atoms with Gasteiger partial charge in [-0.05, 0) is 38.8 Å². The summed E-state index contributed by atoms with van der Waals surface area (Å²) in [6.07, 6.45) is 1.94. The molecule has 0 spiro atoms. The van der Waals surface area contributed by atoms with Gasteiger partial charge in [-0.1, -0.05) is 36.9 Å². The average molecular weight is 217 g/mol. The molecule has 0 unspecified atom stereocenters. The van der Waals surface area contributed by atoms with Crippen molar-refractivity contribution in [1.29, 1.82) is 0 Å². The van der Waals surface area contributed by atoms with Crippen LogP contribution in [0.25, 0.3) is 6.08 Å². The van der Waals surface area contributed by atoms with Crippen LogP contribution in [0, 0.1) is 0 Å². The van der Waals surface area contributed by atoms with Crippen LogP contribution < -0.4 is 0 Å². The van der Waals surface area contributed by atoms with E-state index >= 15 is 0 Å². The highest BCUT2D eigenvalue weighted by Gasteiger charge is 2.14. The van der Waals surface area contributed by atoms with Crippen LogP contribution in [-0.2, 0) is 6.54 Å². The van der Waals surface area contributed by atoms with Crippen LogP contribution in [0.3, 0.4) is 0 Å². The first kappa shape index (κ1) is 13.0. The van der Waals surface area contributed by atoms with Gasteiger partial charge in [-0.3, -0.25) is 4.90 Å². The van der Waals surface area contributed by atoms with Crippen molar-refractivity contribution in [3.8, 4) is 0 Å². The standard InChI is InChI=1S/C15H23N/c1-6-14-9-7-8-10-15(14)11-16(12(2)3)13(4)5/h6-10,12-13H,1,11H2,2-5H3. The number of benzene rings is 1. The summed E-state index contributed by atoms with van der Waals surface area (Å²) in [4.78, 5) is 2.49. The molecule has 0 N–H and O–H groups in total. The fraction of sp³-hybridized carbons (Fsp3) is 0.467. The van der Waals surface area contributed by atoms with Crippen molar-refractivity contribution in [2.75, 3.05) is 0 Å². The van der Waals surface area contributed by atoms with Crippen molar-refractivity contribution in [3.63, 3.8) is 0 Å². The molecule has 16 heavy (non-hydrogen) atoms. The molecule has 0 aliphatic carbocycles. The van der Waals surface area contributed by atoms with Crippen LogP contribution in [0.15, 0.2) is 30.8 Å². The average Bonchev–Trinajstić information content (AvgIpc) is 2.25. The molecule has 0 atom stereocenters. The Bertz CT molecular complexity index is 331. The normalized spacial score (nSPS) is 11.4. The van der Waals surface area contributed by atoms with Gasteiger partial charge in [0.05, 0.1) is 0 Å². The fourth-order valence-corrected chi connectivity index (χ4v) is 2.04. The third-order valence-electron chi connectivity index (χ3n) is 2.95. The topological polar surface area (TPSA) is 3.24 Å². The molecule has 0 heterocycles. The second kappa shape index (κ2) is 5.86. The molecule has 0 aliphatic rings. The van der Waals surface area contributed by atoms with Gasteiger partial charge in [-0.2, -0.15) is 0 Å². The van der Waals surface area contributed by atoms with Gasteiger partial charge in [-0.25, -0.2) is 0 Å². The molecule has 1 aromatic carbocycles. The first-order valence-corrected chi connectivity index (χ1v) is 6.02. The van der Waals surface area contributed by atoms with E-state index in [1.807, 2.05) is 6.08 Å². The van der Waals surface area contributed by atoms with E-state index in [0.717, 1.165) is 6.54 Å². The third-order valence-corrected chi connectivity index (χ3v) is 2.95. The minimum absolute atomic E-state index is 0.567. The summed E-state index contributed by atoms with van der Waals surface area (Å²) in [5.74, 6) is 0. The number of hydrogen-bond donors (Lipinski definition) is 0. The summed E-state index contributed by atoms with van der Waals surface area (Å²) in [6, 6.07) is 9.61. The Hall–Kier alpha value is -1.08. The molecule has 1 aromatic rings. The molecular formula is C15H23N. The second-order valence-corrected chi connectivity index (χ2v) is 4.76. The van der Waals surface area contributed by atoms with E-state index in [-0.39, 0.29) is 0 Å². The molecule has 0 bridgehead atoms. The number of hydrogen-bond acceptors (Lipinski definition) is 1. The summed E-state index contributed by atoms with van der Waals surface area (Å²) in [5, 5.41) is 0. The first-order valence-electron chi connectivity index (χ1n) is 6.02. The highest BCUT2D eigenvalue weighted by atomic mass is 15.2. The third kappa shape index (κ3) is 3.21. The van der Waals surface area contributed by atoms with Crippen molar-refractivity contribution in [1.82, 2.24) is 4.90 Å². The van der Waals surface area contributed by atoms with E-state index in [9.17, 15) is 0 Å². The zero-order valence-electron chi connectivity index (χ0n) is 10.9. The molecule has 1 heteroatoms. The zero-order chi connectivity index (χ0) is 12.1. The molecule has 1 nitrogen and oxygen atoms in total. The summed E-state index contributed by atoms with van der Waals surface area (Å²) >= 11 is 0. The van der Waals surface area contributed by atoms with Gasteiger partial charge in [0.15, 0.2) is 0 Å². The Kier molecular flexibility index (Phi) is 4.75. The van der Waals surface area contributed by atoms with Gasteiger partial charge in [-0.15, -0.1) is 0 Å². The summed E-state index contributed by atoms with van der Waals surface area (Å²) in [7, 11) is 0. The molecule has 0 aliphatic heterocycles. The van der Waals surface area contributed by atoms with Crippen LogP contribution in [0.2, 0.25) is 0 Å². The Labute approximate surface area is 99.8 Å². The zero-order valence-corrected chi connectivity index (χ0v) is 10.9. The highest BCUT2D eigenvalue weighted by molar-refractivity contribution is 5.51. The SMILES string of the molecule is C=Cc1ccccc1CN(C(C)C)C(C)C. The lowest BCUT2D eigenvalue weighted by Gasteiger charge is -2.31. The Morgan fingerprint density at radius 1 is 1.12 bits per heavy atom. The van der Waals surface area contributed by atoms with Gasteiger partial charge >= 0.3 is 0 Å². The molecule has 0 saturated heterocycles. The van der Waals surface area contributed by atoms with Gasteiger partial charge in [0.1, 0.15) is 0 Å². The van der Waals surface area contributed by atoms with Crippen LogP contribution in [0.1, 0.15) is 38.8 Å². The maximum atomic E-state index is 3.87. The number of rotatable bonds is 5. The molecule has 0 radical (unpaired) electrons. The van der Waals surface area contributed by atoms with Crippen molar-refractivity contribution < 1.29 is 0 Å². The Balaban J connectivity index is 2.89. The molecule has 1 rings (SSSR count). The molecule has 0 saturated carbocycles. The van der Waals surface area contributed by atoms with Crippen LogP contribution >= 0.6 is 0 Å². The van der Waals surface area contributed by atoms with Crippen molar-refractivity contribution in [2.24, 2.45) is 0 Å². The molecule has 88 valence electrons. The maximum absolute atomic E-state index is 3.87. The molecule has 0 aromatic heterocycles. The maximum Gasteiger partial charge on any atom is 0.0245 e. The van der Waals surface area contributed by atoms with Gasteiger partial charge < -0.3 is 0 Å². The molecular weight excluding hydrogens is 194 g/mol. The van der Waals surface area contributed by atoms with Crippen LogP contribution in [0.5, 0.6) is 0 Å². The quantitative estimate of drug-likeness (QED) is 0.722. The largest absolute Gasteiger partial charge is 0.294 e. The predicted molar refractivity (Wildman–Crippen MR) is 72.3 cm³/mol. The lowest BCUT2D eigenvalue weighted by molar-refractivity contribution is 0.166. The monoisotopic (exact) mass is 217 g/mol. The number of nitrogens with zero attached hydrogens (tertiary/aromatic N) is 1. The van der Waals surface area contributed by atoms with E-state index in [2.05, 4.69) is 63.4 Å².